The van der Waals surface area contributed by atoms with Gasteiger partial charge in [-0.25, -0.2) is 0 Å². The van der Waals surface area contributed by atoms with E-state index in [0.717, 1.165) is 24.5 Å². The van der Waals surface area contributed by atoms with Crippen LogP contribution in [-0.4, -0.2) is 50.1 Å². The molecule has 0 radical (unpaired) electrons. The molecule has 0 aliphatic heterocycles. The predicted octanol–water partition coefficient (Wildman–Crippen LogP) is 2.21. The van der Waals surface area contributed by atoms with Crippen LogP contribution in [0.3, 0.4) is 0 Å². The van der Waals surface area contributed by atoms with Crippen molar-refractivity contribution in [2.24, 2.45) is 10.9 Å². The lowest BCUT2D eigenvalue weighted by Gasteiger charge is -2.31. The predicted molar refractivity (Wildman–Crippen MR) is 86.2 cm³/mol. The van der Waals surface area contributed by atoms with Crippen molar-refractivity contribution in [2.75, 3.05) is 27.2 Å². The van der Waals surface area contributed by atoms with Crippen molar-refractivity contribution in [3.63, 3.8) is 0 Å². The second-order valence-corrected chi connectivity index (χ2v) is 6.59. The fourth-order valence-electron chi connectivity index (χ4n) is 3.13. The molecule has 0 aromatic heterocycles. The molecule has 0 bridgehead atoms. The highest BCUT2D eigenvalue weighted by Crippen LogP contribution is 2.28. The normalized spacial score (nSPS) is 27.7. The minimum atomic E-state index is 0.645. The van der Waals surface area contributed by atoms with Gasteiger partial charge in [0.05, 0.1) is 0 Å². The highest BCUT2D eigenvalue weighted by Gasteiger charge is 2.33. The van der Waals surface area contributed by atoms with Gasteiger partial charge in [0.15, 0.2) is 5.96 Å². The van der Waals surface area contributed by atoms with Gasteiger partial charge in [0.25, 0.3) is 0 Å². The summed E-state index contributed by atoms with van der Waals surface area (Å²) in [5.74, 6) is 1.78. The minimum absolute atomic E-state index is 0.645. The maximum absolute atomic E-state index is 4.29. The summed E-state index contributed by atoms with van der Waals surface area (Å²) in [6.07, 6.45) is 9.54. The first-order chi connectivity index (χ1) is 9.70. The number of guanidine groups is 1. The van der Waals surface area contributed by atoms with E-state index < -0.39 is 0 Å². The minimum Gasteiger partial charge on any atom is -0.356 e. The van der Waals surface area contributed by atoms with Gasteiger partial charge in [-0.15, -0.1) is 0 Å². The highest BCUT2D eigenvalue weighted by molar-refractivity contribution is 5.80. The molecule has 116 valence electrons. The van der Waals surface area contributed by atoms with Crippen LogP contribution in [0, 0.1) is 5.92 Å². The van der Waals surface area contributed by atoms with Crippen molar-refractivity contribution in [1.29, 1.82) is 0 Å². The third kappa shape index (κ3) is 4.97. The Morgan fingerprint density at radius 3 is 2.55 bits per heavy atom. The number of rotatable bonds is 6. The van der Waals surface area contributed by atoms with Crippen molar-refractivity contribution in [3.05, 3.63) is 0 Å². The summed E-state index contributed by atoms with van der Waals surface area (Å²) >= 11 is 0. The standard InChI is InChI=1S/C16H32N4/c1-13-12-15(13)19-16(17-2)18-10-7-11-20(3)14-8-5-4-6-9-14/h13-15H,4-12H2,1-3H3,(H2,17,18,19). The number of hydrogen-bond donors (Lipinski definition) is 2. The van der Waals surface area contributed by atoms with Crippen LogP contribution >= 0.6 is 0 Å². The molecule has 0 spiro atoms. The molecule has 0 saturated heterocycles. The van der Waals surface area contributed by atoms with Crippen LogP contribution in [0.4, 0.5) is 0 Å². The van der Waals surface area contributed by atoms with Crippen LogP contribution in [0.25, 0.3) is 0 Å². The molecule has 0 heterocycles. The Morgan fingerprint density at radius 1 is 1.25 bits per heavy atom. The van der Waals surface area contributed by atoms with Crippen LogP contribution in [0.5, 0.6) is 0 Å². The Hall–Kier alpha value is -0.770. The largest absolute Gasteiger partial charge is 0.356 e. The third-order valence-corrected chi connectivity index (χ3v) is 4.83. The molecule has 2 unspecified atom stereocenters. The zero-order chi connectivity index (χ0) is 14.4. The molecule has 2 aliphatic rings. The monoisotopic (exact) mass is 280 g/mol. The Balaban J connectivity index is 1.55. The van der Waals surface area contributed by atoms with Crippen molar-refractivity contribution in [3.8, 4) is 0 Å². The first kappa shape index (κ1) is 15.6. The van der Waals surface area contributed by atoms with Crippen molar-refractivity contribution in [2.45, 2.75) is 64.0 Å². The van der Waals surface area contributed by atoms with Gasteiger partial charge in [-0.1, -0.05) is 26.2 Å². The van der Waals surface area contributed by atoms with Crippen LogP contribution in [0.2, 0.25) is 0 Å². The zero-order valence-corrected chi connectivity index (χ0v) is 13.5. The second-order valence-electron chi connectivity index (χ2n) is 6.59. The lowest BCUT2D eigenvalue weighted by Crippen LogP contribution is -2.41. The molecule has 2 aliphatic carbocycles. The van der Waals surface area contributed by atoms with E-state index in [1.54, 1.807) is 0 Å². The molecule has 0 aromatic rings. The number of nitrogens with one attached hydrogen (secondary N) is 2. The Morgan fingerprint density at radius 2 is 1.95 bits per heavy atom. The van der Waals surface area contributed by atoms with E-state index in [4.69, 9.17) is 0 Å². The van der Waals surface area contributed by atoms with Crippen molar-refractivity contribution < 1.29 is 0 Å². The second kappa shape index (κ2) is 7.87. The number of aliphatic imine (C=N–C) groups is 1. The summed E-state index contributed by atoms with van der Waals surface area (Å²) in [6, 6.07) is 1.47. The Labute approximate surface area is 124 Å². The van der Waals surface area contributed by atoms with E-state index in [9.17, 15) is 0 Å². The molecule has 0 amide bonds. The molecule has 0 aromatic carbocycles. The smallest absolute Gasteiger partial charge is 0.191 e. The van der Waals surface area contributed by atoms with Crippen LogP contribution in [0.1, 0.15) is 51.9 Å². The first-order valence-corrected chi connectivity index (χ1v) is 8.38. The molecule has 2 fully saturated rings. The molecule has 20 heavy (non-hydrogen) atoms. The van der Waals surface area contributed by atoms with Gasteiger partial charge in [0.2, 0.25) is 0 Å². The van der Waals surface area contributed by atoms with Gasteiger partial charge < -0.3 is 15.5 Å². The SMILES string of the molecule is CN=C(NCCCN(C)C1CCCCC1)NC1CC1C. The Kier molecular flexibility index (Phi) is 6.14. The third-order valence-electron chi connectivity index (χ3n) is 4.83. The summed E-state index contributed by atoms with van der Waals surface area (Å²) in [7, 11) is 4.14. The fraction of sp³-hybridized carbons (Fsp3) is 0.938. The summed E-state index contributed by atoms with van der Waals surface area (Å²) in [5.41, 5.74) is 0. The fourth-order valence-corrected chi connectivity index (χ4v) is 3.13. The lowest BCUT2D eigenvalue weighted by atomic mass is 9.94. The average molecular weight is 280 g/mol. The van der Waals surface area contributed by atoms with E-state index in [1.807, 2.05) is 7.05 Å². The molecule has 4 heteroatoms. The van der Waals surface area contributed by atoms with Gasteiger partial charge in [-0.05, 0) is 45.2 Å². The maximum Gasteiger partial charge on any atom is 0.191 e. The van der Waals surface area contributed by atoms with Crippen LogP contribution in [-0.2, 0) is 0 Å². The molecule has 2 rings (SSSR count). The van der Waals surface area contributed by atoms with Gasteiger partial charge in [-0.2, -0.15) is 0 Å². The van der Waals surface area contributed by atoms with Crippen LogP contribution in [0.15, 0.2) is 4.99 Å². The molecule has 4 nitrogen and oxygen atoms in total. The van der Waals surface area contributed by atoms with Crippen molar-refractivity contribution in [1.82, 2.24) is 15.5 Å². The molecule has 2 N–H and O–H groups in total. The van der Waals surface area contributed by atoms with Gasteiger partial charge in [0.1, 0.15) is 0 Å². The van der Waals surface area contributed by atoms with E-state index in [1.165, 1.54) is 51.5 Å². The van der Waals surface area contributed by atoms with Crippen molar-refractivity contribution >= 4 is 5.96 Å². The number of nitrogens with zero attached hydrogens (tertiary/aromatic N) is 2. The molecular formula is C16H32N4. The quantitative estimate of drug-likeness (QED) is 0.445. The van der Waals surface area contributed by atoms with Crippen LogP contribution < -0.4 is 10.6 Å². The summed E-state index contributed by atoms with van der Waals surface area (Å²) < 4.78 is 0. The molecular weight excluding hydrogens is 248 g/mol. The van der Waals surface area contributed by atoms with E-state index in [0.29, 0.717) is 6.04 Å². The van der Waals surface area contributed by atoms with Gasteiger partial charge in [-0.3, -0.25) is 4.99 Å². The highest BCUT2D eigenvalue weighted by atomic mass is 15.2. The van der Waals surface area contributed by atoms with E-state index in [-0.39, 0.29) is 0 Å². The van der Waals surface area contributed by atoms with E-state index >= 15 is 0 Å². The topological polar surface area (TPSA) is 39.7 Å². The summed E-state index contributed by atoms with van der Waals surface area (Å²) in [5, 5.41) is 6.90. The molecule has 2 saturated carbocycles. The zero-order valence-electron chi connectivity index (χ0n) is 13.5. The van der Waals surface area contributed by atoms with Gasteiger partial charge in [0, 0.05) is 25.7 Å². The summed E-state index contributed by atoms with van der Waals surface area (Å²) in [4.78, 5) is 6.85. The van der Waals surface area contributed by atoms with Gasteiger partial charge >= 0.3 is 0 Å². The lowest BCUT2D eigenvalue weighted by molar-refractivity contribution is 0.190. The first-order valence-electron chi connectivity index (χ1n) is 8.38. The maximum atomic E-state index is 4.29. The average Bonchev–Trinajstić information content (AvgIpc) is 3.18. The number of hydrogen-bond acceptors (Lipinski definition) is 2. The molecule has 2 atom stereocenters. The van der Waals surface area contributed by atoms with E-state index in [2.05, 4.69) is 34.5 Å². The Bertz CT molecular complexity index is 310. The summed E-state index contributed by atoms with van der Waals surface area (Å²) in [6.45, 7) is 4.48.